The maximum atomic E-state index is 12.4. The lowest BCUT2D eigenvalue weighted by Gasteiger charge is -2.17. The van der Waals surface area contributed by atoms with Crippen molar-refractivity contribution in [1.29, 1.82) is 0 Å². The number of carbonyl (C=O) groups is 2. The summed E-state index contributed by atoms with van der Waals surface area (Å²) in [6.45, 7) is 3.85. The Kier molecular flexibility index (Phi) is 7.17. The summed E-state index contributed by atoms with van der Waals surface area (Å²) in [7, 11) is -3.56. The first-order valence-electron chi connectivity index (χ1n) is 8.78. The first kappa shape index (κ1) is 21.4. The van der Waals surface area contributed by atoms with Gasteiger partial charge in [0.25, 0.3) is 5.91 Å². The lowest BCUT2D eigenvalue weighted by Crippen LogP contribution is -2.37. The normalized spacial score (nSPS) is 13.2. The molecule has 8 heteroatoms. The van der Waals surface area contributed by atoms with Gasteiger partial charge < -0.3 is 10.1 Å². The Balaban J connectivity index is 1.96. The van der Waals surface area contributed by atoms with Gasteiger partial charge in [-0.25, -0.2) is 13.2 Å². The molecule has 2 aromatic rings. The second-order valence-electron chi connectivity index (χ2n) is 6.52. The Labute approximate surface area is 165 Å². The maximum absolute atomic E-state index is 12.4. The summed E-state index contributed by atoms with van der Waals surface area (Å²) < 4.78 is 30.4. The summed E-state index contributed by atoms with van der Waals surface area (Å²) in [6, 6.07) is 15.8. The van der Waals surface area contributed by atoms with Crippen molar-refractivity contribution in [2.24, 2.45) is 0 Å². The summed E-state index contributed by atoms with van der Waals surface area (Å²) in [6.07, 6.45) is -0.0409. The number of anilines is 1. The molecule has 0 heterocycles. The minimum Gasteiger partial charge on any atom is -0.449 e. The lowest BCUT2D eigenvalue weighted by atomic mass is 10.0. The third kappa shape index (κ3) is 6.38. The summed E-state index contributed by atoms with van der Waals surface area (Å²) in [5.74, 6) is -1.11. The number of hydrogen-bond donors (Lipinski definition) is 2. The highest BCUT2D eigenvalue weighted by Crippen LogP contribution is 2.18. The third-order valence-electron chi connectivity index (χ3n) is 4.05. The molecule has 7 nitrogen and oxygen atoms in total. The highest BCUT2D eigenvalue weighted by Gasteiger charge is 2.22. The Morgan fingerprint density at radius 3 is 2.25 bits per heavy atom. The van der Waals surface area contributed by atoms with Crippen LogP contribution in [0.4, 0.5) is 5.69 Å². The second kappa shape index (κ2) is 9.36. The minimum atomic E-state index is -3.56. The van der Waals surface area contributed by atoms with E-state index in [4.69, 9.17) is 4.74 Å². The third-order valence-corrected chi connectivity index (χ3v) is 4.64. The molecule has 2 rings (SSSR count). The SMILES string of the molecule is C[C@H](OC(=O)c1ccccc1NS(C)(=O)=O)C(=O)NC[C@H](C)c1ccccc1. The van der Waals surface area contributed by atoms with Crippen LogP contribution in [-0.4, -0.2) is 39.2 Å². The van der Waals surface area contributed by atoms with Gasteiger partial charge in [0.15, 0.2) is 6.10 Å². The first-order chi connectivity index (χ1) is 13.2. The van der Waals surface area contributed by atoms with E-state index in [9.17, 15) is 18.0 Å². The summed E-state index contributed by atoms with van der Waals surface area (Å²) in [5, 5.41) is 2.76. The van der Waals surface area contributed by atoms with Crippen LogP contribution in [0.2, 0.25) is 0 Å². The number of rotatable bonds is 8. The molecule has 0 unspecified atom stereocenters. The number of ether oxygens (including phenoxy) is 1. The fraction of sp³-hybridized carbons (Fsp3) is 0.300. The van der Waals surface area contributed by atoms with E-state index in [0.717, 1.165) is 11.8 Å². The second-order valence-corrected chi connectivity index (χ2v) is 8.27. The quantitative estimate of drug-likeness (QED) is 0.659. The topological polar surface area (TPSA) is 102 Å². The highest BCUT2D eigenvalue weighted by molar-refractivity contribution is 7.92. The van der Waals surface area contributed by atoms with E-state index in [2.05, 4.69) is 10.0 Å². The van der Waals surface area contributed by atoms with Crippen molar-refractivity contribution >= 4 is 27.6 Å². The molecule has 1 amide bonds. The monoisotopic (exact) mass is 404 g/mol. The predicted molar refractivity (Wildman–Crippen MR) is 108 cm³/mol. The molecule has 0 aliphatic carbocycles. The van der Waals surface area contributed by atoms with Gasteiger partial charge in [-0.05, 0) is 30.5 Å². The molecule has 0 fully saturated rings. The standard InChI is InChI=1S/C20H24N2O5S/c1-14(16-9-5-4-6-10-16)13-21-19(23)15(2)27-20(24)17-11-7-8-12-18(17)22-28(3,25)26/h4-12,14-15,22H,13H2,1-3H3,(H,21,23)/t14-,15-/m0/s1. The van der Waals surface area contributed by atoms with Crippen LogP contribution in [0, 0.1) is 0 Å². The van der Waals surface area contributed by atoms with Gasteiger partial charge in [-0.1, -0.05) is 49.4 Å². The number of esters is 1. The molecule has 0 spiro atoms. The van der Waals surface area contributed by atoms with Crippen LogP contribution >= 0.6 is 0 Å². The van der Waals surface area contributed by atoms with Crippen LogP contribution in [0.1, 0.15) is 35.7 Å². The Bertz CT molecular complexity index is 929. The molecule has 0 aliphatic heterocycles. The molecule has 28 heavy (non-hydrogen) atoms. The molecule has 2 N–H and O–H groups in total. The molecule has 0 radical (unpaired) electrons. The molecule has 2 aromatic carbocycles. The number of amides is 1. The Hall–Kier alpha value is -2.87. The van der Waals surface area contributed by atoms with Gasteiger partial charge in [-0.3, -0.25) is 9.52 Å². The smallest absolute Gasteiger partial charge is 0.341 e. The fourth-order valence-corrected chi connectivity index (χ4v) is 3.10. The number of hydrogen-bond acceptors (Lipinski definition) is 5. The minimum absolute atomic E-state index is 0.0326. The van der Waals surface area contributed by atoms with E-state index in [1.165, 1.54) is 19.1 Å². The van der Waals surface area contributed by atoms with Gasteiger partial charge in [0.05, 0.1) is 17.5 Å². The van der Waals surface area contributed by atoms with Gasteiger partial charge in [0.2, 0.25) is 10.0 Å². The van der Waals surface area contributed by atoms with Gasteiger partial charge in [-0.15, -0.1) is 0 Å². The molecule has 150 valence electrons. The van der Waals surface area contributed by atoms with Crippen molar-refractivity contribution in [3.63, 3.8) is 0 Å². The van der Waals surface area contributed by atoms with Crippen LogP contribution in [0.25, 0.3) is 0 Å². The summed E-state index contributed by atoms with van der Waals surface area (Å²) in [5.41, 5.74) is 1.22. The lowest BCUT2D eigenvalue weighted by molar-refractivity contribution is -0.129. The van der Waals surface area contributed by atoms with Crippen LogP contribution in [0.15, 0.2) is 54.6 Å². The molecular formula is C20H24N2O5S. The average molecular weight is 404 g/mol. The number of carbonyl (C=O) groups excluding carboxylic acids is 2. The molecule has 0 aliphatic rings. The van der Waals surface area contributed by atoms with E-state index in [0.29, 0.717) is 6.54 Å². The first-order valence-corrected chi connectivity index (χ1v) is 10.7. The van der Waals surface area contributed by atoms with E-state index in [1.807, 2.05) is 37.3 Å². The Morgan fingerprint density at radius 1 is 1.00 bits per heavy atom. The van der Waals surface area contributed by atoms with E-state index >= 15 is 0 Å². The number of nitrogens with one attached hydrogen (secondary N) is 2. The van der Waals surface area contributed by atoms with Crippen LogP contribution in [0.3, 0.4) is 0 Å². The van der Waals surface area contributed by atoms with Gasteiger partial charge >= 0.3 is 5.97 Å². The Morgan fingerprint density at radius 2 is 1.61 bits per heavy atom. The molecule has 0 bridgehead atoms. The van der Waals surface area contributed by atoms with Crippen LogP contribution in [-0.2, 0) is 19.6 Å². The number of benzene rings is 2. The van der Waals surface area contributed by atoms with E-state index in [-0.39, 0.29) is 17.2 Å². The van der Waals surface area contributed by atoms with Crippen molar-refractivity contribution < 1.29 is 22.7 Å². The number of para-hydroxylation sites is 1. The molecule has 0 aromatic heterocycles. The fourth-order valence-electron chi connectivity index (χ4n) is 2.52. The van der Waals surface area contributed by atoms with Gasteiger partial charge in [0.1, 0.15) is 0 Å². The maximum Gasteiger partial charge on any atom is 0.341 e. The van der Waals surface area contributed by atoms with Crippen molar-refractivity contribution in [1.82, 2.24) is 5.32 Å². The molecular weight excluding hydrogens is 380 g/mol. The largest absolute Gasteiger partial charge is 0.449 e. The zero-order valence-corrected chi connectivity index (χ0v) is 16.8. The van der Waals surface area contributed by atoms with Crippen molar-refractivity contribution in [3.05, 3.63) is 65.7 Å². The van der Waals surface area contributed by atoms with Crippen LogP contribution < -0.4 is 10.0 Å². The summed E-state index contributed by atoms with van der Waals surface area (Å²) in [4.78, 5) is 24.6. The van der Waals surface area contributed by atoms with E-state index in [1.54, 1.807) is 12.1 Å². The zero-order chi connectivity index (χ0) is 20.7. The van der Waals surface area contributed by atoms with Gasteiger partial charge in [0, 0.05) is 6.54 Å². The highest BCUT2D eigenvalue weighted by atomic mass is 32.2. The molecule has 0 saturated heterocycles. The van der Waals surface area contributed by atoms with Crippen LogP contribution in [0.5, 0.6) is 0 Å². The molecule has 2 atom stereocenters. The van der Waals surface area contributed by atoms with Crippen molar-refractivity contribution in [2.75, 3.05) is 17.5 Å². The van der Waals surface area contributed by atoms with E-state index < -0.39 is 28.0 Å². The average Bonchev–Trinajstić information content (AvgIpc) is 2.65. The predicted octanol–water partition coefficient (Wildman–Crippen LogP) is 2.52. The summed E-state index contributed by atoms with van der Waals surface area (Å²) >= 11 is 0. The van der Waals surface area contributed by atoms with Crippen molar-refractivity contribution in [2.45, 2.75) is 25.9 Å². The van der Waals surface area contributed by atoms with Gasteiger partial charge in [-0.2, -0.15) is 0 Å². The zero-order valence-electron chi connectivity index (χ0n) is 16.0. The van der Waals surface area contributed by atoms with Crippen molar-refractivity contribution in [3.8, 4) is 0 Å². The molecule has 0 saturated carbocycles. The number of sulfonamides is 1.